The van der Waals surface area contributed by atoms with E-state index >= 15 is 0 Å². The van der Waals surface area contributed by atoms with Crippen molar-refractivity contribution in [1.29, 1.82) is 0 Å². The highest BCUT2D eigenvalue weighted by molar-refractivity contribution is 5.96. The molecule has 114 valence electrons. The maximum absolute atomic E-state index is 12.4. The predicted octanol–water partition coefficient (Wildman–Crippen LogP) is 3.22. The van der Waals surface area contributed by atoms with Crippen molar-refractivity contribution in [3.05, 3.63) is 23.8 Å². The van der Waals surface area contributed by atoms with Crippen LogP contribution in [0.5, 0.6) is 0 Å². The number of rotatable bonds is 3. The van der Waals surface area contributed by atoms with Crippen molar-refractivity contribution in [3.8, 4) is 0 Å². The molecule has 0 atom stereocenters. The van der Waals surface area contributed by atoms with Crippen molar-refractivity contribution in [2.75, 3.05) is 23.7 Å². The molecule has 4 heteroatoms. The minimum atomic E-state index is 0.0603. The quantitative estimate of drug-likeness (QED) is 0.800. The number of amides is 1. The van der Waals surface area contributed by atoms with Gasteiger partial charge in [-0.1, -0.05) is 13.3 Å². The van der Waals surface area contributed by atoms with Crippen molar-refractivity contribution >= 4 is 17.3 Å². The Hall–Kier alpha value is -1.71. The van der Waals surface area contributed by atoms with Crippen LogP contribution in [0, 0.1) is 5.92 Å². The lowest BCUT2D eigenvalue weighted by molar-refractivity contribution is 0.0921. The maximum atomic E-state index is 12.4. The first-order valence-corrected chi connectivity index (χ1v) is 8.19. The lowest BCUT2D eigenvalue weighted by Crippen LogP contribution is -2.37. The van der Waals surface area contributed by atoms with Gasteiger partial charge in [0.2, 0.25) is 0 Å². The molecule has 1 fully saturated rings. The Bertz CT molecular complexity index is 507. The van der Waals surface area contributed by atoms with Crippen LogP contribution in [0.15, 0.2) is 18.2 Å². The van der Waals surface area contributed by atoms with Crippen molar-refractivity contribution in [3.63, 3.8) is 0 Å². The molecule has 0 aromatic heterocycles. The van der Waals surface area contributed by atoms with Crippen molar-refractivity contribution in [2.24, 2.45) is 5.92 Å². The molecule has 1 aromatic rings. The lowest BCUT2D eigenvalue weighted by atomic mass is 9.84. The topological polar surface area (TPSA) is 53.2 Å². The van der Waals surface area contributed by atoms with E-state index in [1.165, 1.54) is 19.3 Å². The Morgan fingerprint density at radius 3 is 2.57 bits per heavy atom. The number of nitrogens with one attached hydrogen (secondary N) is 3. The number of carbonyl (C=O) groups is 1. The highest BCUT2D eigenvalue weighted by atomic mass is 16.1. The molecule has 1 aliphatic heterocycles. The first-order chi connectivity index (χ1) is 10.3. The van der Waals surface area contributed by atoms with Crippen LogP contribution in [0.2, 0.25) is 0 Å². The van der Waals surface area contributed by atoms with Gasteiger partial charge in [0.15, 0.2) is 0 Å². The minimum absolute atomic E-state index is 0.0603. The van der Waals surface area contributed by atoms with Gasteiger partial charge in [-0.15, -0.1) is 0 Å². The number of fused-ring (bicyclic) bond motifs is 1. The molecule has 1 heterocycles. The normalized spacial score (nSPS) is 24.4. The number of carbonyl (C=O) groups excluding carboxylic acids is 1. The molecule has 3 N–H and O–H groups in total. The molecule has 2 aliphatic rings. The molecule has 0 spiro atoms. The van der Waals surface area contributed by atoms with E-state index in [9.17, 15) is 4.79 Å². The first kappa shape index (κ1) is 14.2. The molecule has 3 rings (SSSR count). The fourth-order valence-corrected chi connectivity index (χ4v) is 3.36. The van der Waals surface area contributed by atoms with Crippen LogP contribution in [0.1, 0.15) is 49.4 Å². The molecular weight excluding hydrogens is 262 g/mol. The number of hydrogen-bond acceptors (Lipinski definition) is 3. The van der Waals surface area contributed by atoms with Crippen LogP contribution in [-0.2, 0) is 0 Å². The zero-order valence-electron chi connectivity index (χ0n) is 12.7. The van der Waals surface area contributed by atoms with Gasteiger partial charge >= 0.3 is 0 Å². The zero-order valence-corrected chi connectivity index (χ0v) is 12.7. The summed E-state index contributed by atoms with van der Waals surface area (Å²) in [6.45, 7) is 4.09. The average Bonchev–Trinajstić information content (AvgIpc) is 2.55. The molecule has 1 aliphatic carbocycles. The summed E-state index contributed by atoms with van der Waals surface area (Å²) >= 11 is 0. The SMILES string of the molecule is CCC1CCC(NC(=O)c2ccc3c(c2)NCCN3)CC1. The van der Waals surface area contributed by atoms with Crippen LogP contribution in [0.4, 0.5) is 11.4 Å². The van der Waals surface area contributed by atoms with Gasteiger partial charge in [0.05, 0.1) is 11.4 Å². The molecule has 0 saturated heterocycles. The highest BCUT2D eigenvalue weighted by Gasteiger charge is 2.22. The van der Waals surface area contributed by atoms with Crippen LogP contribution >= 0.6 is 0 Å². The molecule has 4 nitrogen and oxygen atoms in total. The predicted molar refractivity (Wildman–Crippen MR) is 86.9 cm³/mol. The van der Waals surface area contributed by atoms with Crippen LogP contribution in [0.25, 0.3) is 0 Å². The fraction of sp³-hybridized carbons (Fsp3) is 0.588. The average molecular weight is 287 g/mol. The summed E-state index contributed by atoms with van der Waals surface area (Å²) in [6.07, 6.45) is 6.00. The highest BCUT2D eigenvalue weighted by Crippen LogP contribution is 2.28. The van der Waals surface area contributed by atoms with E-state index in [1.54, 1.807) is 0 Å². The summed E-state index contributed by atoms with van der Waals surface area (Å²) < 4.78 is 0. The Morgan fingerprint density at radius 2 is 1.86 bits per heavy atom. The standard InChI is InChI=1S/C17H25N3O/c1-2-12-3-6-14(7-4-12)20-17(21)13-5-8-15-16(11-13)19-10-9-18-15/h5,8,11-12,14,18-19H,2-4,6-7,9-10H2,1H3,(H,20,21). The van der Waals surface area contributed by atoms with Crippen molar-refractivity contribution in [1.82, 2.24) is 5.32 Å². The number of benzene rings is 1. The van der Waals surface area contributed by atoms with Gasteiger partial charge in [0.1, 0.15) is 0 Å². The maximum Gasteiger partial charge on any atom is 0.251 e. The van der Waals surface area contributed by atoms with E-state index in [0.717, 1.165) is 48.8 Å². The third-order valence-electron chi connectivity index (χ3n) is 4.80. The Balaban J connectivity index is 1.60. The van der Waals surface area contributed by atoms with Crippen LogP contribution in [0.3, 0.4) is 0 Å². The molecular formula is C17H25N3O. The van der Waals surface area contributed by atoms with Gasteiger partial charge < -0.3 is 16.0 Å². The Morgan fingerprint density at radius 1 is 1.14 bits per heavy atom. The number of anilines is 2. The minimum Gasteiger partial charge on any atom is -0.382 e. The van der Waals surface area contributed by atoms with E-state index in [-0.39, 0.29) is 5.91 Å². The molecule has 1 amide bonds. The molecule has 0 unspecified atom stereocenters. The molecule has 0 radical (unpaired) electrons. The van der Waals surface area contributed by atoms with E-state index in [4.69, 9.17) is 0 Å². The third-order valence-corrected chi connectivity index (χ3v) is 4.80. The summed E-state index contributed by atoms with van der Waals surface area (Å²) in [7, 11) is 0. The Labute approximate surface area is 126 Å². The molecule has 0 bridgehead atoms. The third kappa shape index (κ3) is 3.31. The largest absolute Gasteiger partial charge is 0.382 e. The smallest absolute Gasteiger partial charge is 0.251 e. The molecule has 21 heavy (non-hydrogen) atoms. The number of hydrogen-bond donors (Lipinski definition) is 3. The second-order valence-corrected chi connectivity index (χ2v) is 6.21. The summed E-state index contributed by atoms with van der Waals surface area (Å²) in [5, 5.41) is 9.86. The van der Waals surface area contributed by atoms with Gasteiger partial charge in [-0.3, -0.25) is 4.79 Å². The Kier molecular flexibility index (Phi) is 4.32. The summed E-state index contributed by atoms with van der Waals surface area (Å²) in [5.41, 5.74) is 2.87. The van der Waals surface area contributed by atoms with E-state index in [2.05, 4.69) is 22.9 Å². The second kappa shape index (κ2) is 6.37. The molecule has 1 aromatic carbocycles. The van der Waals surface area contributed by atoms with Crippen LogP contribution in [-0.4, -0.2) is 25.0 Å². The van der Waals surface area contributed by atoms with Gasteiger partial charge in [-0.2, -0.15) is 0 Å². The first-order valence-electron chi connectivity index (χ1n) is 8.19. The van der Waals surface area contributed by atoms with Gasteiger partial charge in [-0.05, 0) is 49.8 Å². The van der Waals surface area contributed by atoms with Crippen molar-refractivity contribution in [2.45, 2.75) is 45.1 Å². The summed E-state index contributed by atoms with van der Waals surface area (Å²) in [6, 6.07) is 6.20. The summed E-state index contributed by atoms with van der Waals surface area (Å²) in [4.78, 5) is 12.4. The monoisotopic (exact) mass is 287 g/mol. The molecule has 1 saturated carbocycles. The summed E-state index contributed by atoms with van der Waals surface area (Å²) in [5.74, 6) is 0.919. The fourth-order valence-electron chi connectivity index (χ4n) is 3.36. The lowest BCUT2D eigenvalue weighted by Gasteiger charge is -2.28. The zero-order chi connectivity index (χ0) is 14.7. The van der Waals surface area contributed by atoms with Gasteiger partial charge in [0, 0.05) is 24.7 Å². The van der Waals surface area contributed by atoms with E-state index in [1.807, 2.05) is 18.2 Å². The van der Waals surface area contributed by atoms with Crippen LogP contribution < -0.4 is 16.0 Å². The van der Waals surface area contributed by atoms with Gasteiger partial charge in [-0.25, -0.2) is 0 Å². The van der Waals surface area contributed by atoms with Gasteiger partial charge in [0.25, 0.3) is 5.91 Å². The second-order valence-electron chi connectivity index (χ2n) is 6.21. The van der Waals surface area contributed by atoms with Crippen molar-refractivity contribution < 1.29 is 4.79 Å². The van der Waals surface area contributed by atoms with E-state index in [0.29, 0.717) is 6.04 Å². The van der Waals surface area contributed by atoms with E-state index < -0.39 is 0 Å².